The molecule has 0 aromatic heterocycles. The van der Waals surface area contributed by atoms with E-state index in [9.17, 15) is 4.79 Å². The molecule has 3 nitrogen and oxygen atoms in total. The molecule has 1 amide bonds. The van der Waals surface area contributed by atoms with Gasteiger partial charge in [0.05, 0.1) is 13.0 Å². The van der Waals surface area contributed by atoms with Crippen LogP contribution in [0.3, 0.4) is 0 Å². The lowest BCUT2D eigenvalue weighted by Crippen LogP contribution is -2.66. The number of rotatable bonds is 11. The molecule has 5 aromatic rings. The first-order valence-corrected chi connectivity index (χ1v) is 17.4. The van der Waals surface area contributed by atoms with Gasteiger partial charge in [-0.3, -0.25) is 4.79 Å². The molecule has 0 fully saturated rings. The third-order valence-corrected chi connectivity index (χ3v) is 13.5. The fraction of sp³-hybridized carbons (Fsp3) is 0.225. The smallest absolute Gasteiger partial charge is 0.261 e. The number of carbonyl (C=O) groups is 1. The first-order valence-electron chi connectivity index (χ1n) is 15.5. The molecular formula is C40H43NO2Si. The van der Waals surface area contributed by atoms with Gasteiger partial charge in [0.1, 0.15) is 0 Å². The standard InChI is InChI=1S/C40H43NO2Si/c1-40(2,3)44(36-21-13-7-14-22-36,37-23-15-8-16-24-37)43-31-35-29-33(25-26-38(35)34-19-11-6-12-20-34)30-39(42)41(4)28-27-32-17-9-5-10-18-32/h5-26,29H,27-28,30-31H2,1-4H3. The average molecular weight is 598 g/mol. The minimum atomic E-state index is -2.74. The zero-order valence-corrected chi connectivity index (χ0v) is 27.4. The van der Waals surface area contributed by atoms with Gasteiger partial charge >= 0.3 is 0 Å². The molecule has 5 rings (SSSR count). The van der Waals surface area contributed by atoms with Gasteiger partial charge in [0.15, 0.2) is 0 Å². The Balaban J connectivity index is 1.47. The molecule has 0 atom stereocenters. The molecular weight excluding hydrogens is 555 g/mol. The molecule has 0 aliphatic rings. The molecule has 0 spiro atoms. The van der Waals surface area contributed by atoms with Crippen LogP contribution < -0.4 is 10.4 Å². The second-order valence-electron chi connectivity index (χ2n) is 12.5. The highest BCUT2D eigenvalue weighted by Gasteiger charge is 2.50. The molecule has 0 heterocycles. The van der Waals surface area contributed by atoms with Crippen LogP contribution in [0.25, 0.3) is 11.1 Å². The van der Waals surface area contributed by atoms with Gasteiger partial charge in [0.2, 0.25) is 5.91 Å². The van der Waals surface area contributed by atoms with Gasteiger partial charge in [-0.1, -0.05) is 160 Å². The SMILES string of the molecule is CN(CCc1ccccc1)C(=O)Cc1ccc(-c2ccccc2)c(CO[Si](c2ccccc2)(c2ccccc2)C(C)(C)C)c1. The van der Waals surface area contributed by atoms with Gasteiger partial charge in [-0.05, 0) is 49.6 Å². The summed E-state index contributed by atoms with van der Waals surface area (Å²) < 4.78 is 7.35. The summed E-state index contributed by atoms with van der Waals surface area (Å²) >= 11 is 0. The first-order chi connectivity index (χ1) is 21.3. The summed E-state index contributed by atoms with van der Waals surface area (Å²) in [4.78, 5) is 15.2. The lowest BCUT2D eigenvalue weighted by molar-refractivity contribution is -0.129. The zero-order chi connectivity index (χ0) is 31.0. The van der Waals surface area contributed by atoms with Gasteiger partial charge < -0.3 is 9.33 Å². The highest BCUT2D eigenvalue weighted by atomic mass is 28.4. The molecule has 0 bridgehead atoms. The predicted octanol–water partition coefficient (Wildman–Crippen LogP) is 7.67. The van der Waals surface area contributed by atoms with Gasteiger partial charge in [0, 0.05) is 13.6 Å². The lowest BCUT2D eigenvalue weighted by Gasteiger charge is -2.43. The van der Waals surface area contributed by atoms with E-state index in [4.69, 9.17) is 4.43 Å². The lowest BCUT2D eigenvalue weighted by atomic mass is 9.97. The minimum Gasteiger partial charge on any atom is -0.403 e. The van der Waals surface area contributed by atoms with E-state index in [1.165, 1.54) is 15.9 Å². The maximum absolute atomic E-state index is 13.3. The minimum absolute atomic E-state index is 0.118. The Labute approximate surface area is 264 Å². The van der Waals surface area contributed by atoms with Gasteiger partial charge in [-0.2, -0.15) is 0 Å². The topological polar surface area (TPSA) is 29.5 Å². The number of hydrogen-bond acceptors (Lipinski definition) is 2. The average Bonchev–Trinajstić information content (AvgIpc) is 3.05. The summed E-state index contributed by atoms with van der Waals surface area (Å²) in [6, 6.07) is 48.7. The van der Waals surface area contributed by atoms with Crippen LogP contribution in [0.5, 0.6) is 0 Å². The van der Waals surface area contributed by atoms with Crippen molar-refractivity contribution in [2.45, 2.75) is 45.3 Å². The fourth-order valence-corrected chi connectivity index (χ4v) is 10.6. The summed E-state index contributed by atoms with van der Waals surface area (Å²) in [6.07, 6.45) is 1.19. The Bertz CT molecular complexity index is 1590. The number of nitrogens with zero attached hydrogens (tertiary/aromatic N) is 1. The van der Waals surface area contributed by atoms with Crippen molar-refractivity contribution in [2.75, 3.05) is 13.6 Å². The molecule has 0 radical (unpaired) electrons. The molecule has 0 aliphatic heterocycles. The largest absolute Gasteiger partial charge is 0.403 e. The van der Waals surface area contributed by atoms with Gasteiger partial charge in [0.25, 0.3) is 8.32 Å². The van der Waals surface area contributed by atoms with Crippen molar-refractivity contribution in [3.05, 3.63) is 156 Å². The van der Waals surface area contributed by atoms with Crippen LogP contribution in [0.4, 0.5) is 0 Å². The van der Waals surface area contributed by atoms with Crippen molar-refractivity contribution in [3.63, 3.8) is 0 Å². The maximum Gasteiger partial charge on any atom is 0.261 e. The van der Waals surface area contributed by atoms with E-state index in [1.807, 2.05) is 36.2 Å². The van der Waals surface area contributed by atoms with Crippen LogP contribution >= 0.6 is 0 Å². The number of hydrogen-bond donors (Lipinski definition) is 0. The van der Waals surface area contributed by atoms with Crippen molar-refractivity contribution >= 4 is 24.6 Å². The molecule has 44 heavy (non-hydrogen) atoms. The number of carbonyl (C=O) groups excluding carboxylic acids is 1. The summed E-state index contributed by atoms with van der Waals surface area (Å²) in [5.74, 6) is 0.118. The quantitative estimate of drug-likeness (QED) is 0.146. The van der Waals surface area contributed by atoms with Crippen molar-refractivity contribution in [1.82, 2.24) is 4.90 Å². The van der Waals surface area contributed by atoms with Crippen molar-refractivity contribution < 1.29 is 9.22 Å². The monoisotopic (exact) mass is 597 g/mol. The number of likely N-dealkylation sites (N-methyl/N-ethyl adjacent to an activating group) is 1. The first kappa shape index (κ1) is 31.2. The summed E-state index contributed by atoms with van der Waals surface area (Å²) in [6.45, 7) is 8.05. The Morgan fingerprint density at radius 3 is 1.75 bits per heavy atom. The Morgan fingerprint density at radius 2 is 1.20 bits per heavy atom. The summed E-state index contributed by atoms with van der Waals surface area (Å²) in [5.41, 5.74) is 5.62. The van der Waals surface area contributed by atoms with Crippen molar-refractivity contribution in [3.8, 4) is 11.1 Å². The summed E-state index contributed by atoms with van der Waals surface area (Å²) in [5, 5.41) is 2.38. The molecule has 5 aromatic carbocycles. The summed E-state index contributed by atoms with van der Waals surface area (Å²) in [7, 11) is -0.842. The van der Waals surface area contributed by atoms with Gasteiger partial charge in [-0.25, -0.2) is 0 Å². The normalized spacial score (nSPS) is 11.7. The zero-order valence-electron chi connectivity index (χ0n) is 26.4. The third kappa shape index (κ3) is 7.10. The van der Waals surface area contributed by atoms with Crippen LogP contribution in [0.15, 0.2) is 140 Å². The Hall–Kier alpha value is -4.25. The highest BCUT2D eigenvalue weighted by Crippen LogP contribution is 2.38. The van der Waals surface area contributed by atoms with Crippen LogP contribution in [0, 0.1) is 0 Å². The van der Waals surface area contributed by atoms with E-state index < -0.39 is 8.32 Å². The van der Waals surface area contributed by atoms with Crippen LogP contribution in [0.2, 0.25) is 5.04 Å². The van der Waals surface area contributed by atoms with E-state index in [-0.39, 0.29) is 10.9 Å². The van der Waals surface area contributed by atoms with E-state index in [0.717, 1.165) is 28.7 Å². The Morgan fingerprint density at radius 1 is 0.682 bits per heavy atom. The Kier molecular flexibility index (Phi) is 9.94. The molecule has 4 heteroatoms. The van der Waals surface area contributed by atoms with E-state index in [2.05, 4.69) is 136 Å². The molecule has 0 saturated heterocycles. The predicted molar refractivity (Wildman–Crippen MR) is 186 cm³/mol. The molecule has 0 unspecified atom stereocenters. The van der Waals surface area contributed by atoms with Gasteiger partial charge in [-0.15, -0.1) is 0 Å². The van der Waals surface area contributed by atoms with Crippen molar-refractivity contribution in [2.24, 2.45) is 0 Å². The number of amides is 1. The highest BCUT2D eigenvalue weighted by molar-refractivity contribution is 6.99. The number of benzene rings is 5. The molecule has 0 saturated carbocycles. The van der Waals surface area contributed by atoms with Crippen LogP contribution in [-0.4, -0.2) is 32.7 Å². The van der Waals surface area contributed by atoms with E-state index in [1.54, 1.807) is 0 Å². The van der Waals surface area contributed by atoms with E-state index in [0.29, 0.717) is 19.6 Å². The molecule has 0 aliphatic carbocycles. The fourth-order valence-electron chi connectivity index (χ4n) is 6.10. The molecule has 0 N–H and O–H groups in total. The van der Waals surface area contributed by atoms with Crippen LogP contribution in [0.1, 0.15) is 37.5 Å². The second-order valence-corrected chi connectivity index (χ2v) is 16.8. The van der Waals surface area contributed by atoms with E-state index >= 15 is 0 Å². The maximum atomic E-state index is 13.3. The van der Waals surface area contributed by atoms with Crippen molar-refractivity contribution in [1.29, 1.82) is 0 Å². The second kappa shape index (κ2) is 14.0. The third-order valence-electron chi connectivity index (χ3n) is 8.48. The van der Waals surface area contributed by atoms with Crippen LogP contribution in [-0.2, 0) is 28.7 Å². The molecule has 224 valence electrons.